The van der Waals surface area contributed by atoms with Crippen LogP contribution < -0.4 is 15.4 Å². The van der Waals surface area contributed by atoms with E-state index in [9.17, 15) is 48.7 Å². The van der Waals surface area contributed by atoms with Gasteiger partial charge in [-0.05, 0) is 48.5 Å². The van der Waals surface area contributed by atoms with Gasteiger partial charge < -0.3 is 20.2 Å². The molecule has 3 aromatic carbocycles. The van der Waals surface area contributed by atoms with Crippen molar-refractivity contribution in [2.45, 2.75) is 18.5 Å². The molecule has 0 spiro atoms. The number of hydrogen-bond donors (Lipinski definition) is 2. The third-order valence-corrected chi connectivity index (χ3v) is 10.5. The number of sulfone groups is 1. The minimum Gasteiger partial charge on any atom is -0.496 e. The maximum Gasteiger partial charge on any atom is 0.419 e. The van der Waals surface area contributed by atoms with E-state index in [1.165, 1.54) is 25.3 Å². The fourth-order valence-electron chi connectivity index (χ4n) is 5.42. The van der Waals surface area contributed by atoms with Crippen LogP contribution in [0.5, 0.6) is 5.75 Å². The standard InChI is InChI=1S/C30H20F7N3O6S2/c1-45-21-7-2-13(24-18-11-48(43,44)12-22(18)46-40-24)8-17(21)27(41)39-25-16-5-3-14(29(32,33)34)9-23(16)47-26(25)28(42)38-15-4-6-20(31)19(10-15)30(35,36)37/h2-10,18,22H,11-12H2,1H3,(H,38,42)(H,39,41). The van der Waals surface area contributed by atoms with Crippen LogP contribution in [-0.2, 0) is 27.0 Å². The Morgan fingerprint density at radius 1 is 0.938 bits per heavy atom. The molecule has 0 aliphatic carbocycles. The van der Waals surface area contributed by atoms with Crippen molar-refractivity contribution in [2.24, 2.45) is 11.1 Å². The number of thiophene rings is 1. The number of benzene rings is 3. The number of methoxy groups -OCH3 is 1. The Bertz CT molecular complexity index is 2130. The monoisotopic (exact) mass is 715 g/mol. The van der Waals surface area contributed by atoms with E-state index >= 15 is 0 Å². The smallest absolute Gasteiger partial charge is 0.419 e. The molecule has 0 saturated carbocycles. The van der Waals surface area contributed by atoms with Gasteiger partial charge in [-0.15, -0.1) is 11.3 Å². The van der Waals surface area contributed by atoms with Crippen molar-refractivity contribution in [3.05, 3.63) is 87.5 Å². The van der Waals surface area contributed by atoms with Gasteiger partial charge >= 0.3 is 12.4 Å². The van der Waals surface area contributed by atoms with Crippen LogP contribution in [0.15, 0.2) is 59.8 Å². The van der Waals surface area contributed by atoms with E-state index < -0.39 is 68.7 Å². The number of oxime groups is 1. The van der Waals surface area contributed by atoms with Gasteiger partial charge in [0.15, 0.2) is 15.9 Å². The summed E-state index contributed by atoms with van der Waals surface area (Å²) < 4.78 is 124. The van der Waals surface area contributed by atoms with Gasteiger partial charge in [0.25, 0.3) is 11.8 Å². The minimum atomic E-state index is -5.09. The highest BCUT2D eigenvalue weighted by molar-refractivity contribution is 7.91. The van der Waals surface area contributed by atoms with E-state index in [0.717, 1.165) is 24.3 Å². The number of nitrogens with zero attached hydrogens (tertiary/aromatic N) is 1. The van der Waals surface area contributed by atoms with Gasteiger partial charge in [0, 0.05) is 21.3 Å². The fraction of sp³-hybridized carbons (Fsp3) is 0.233. The molecule has 1 aromatic heterocycles. The van der Waals surface area contributed by atoms with Crippen molar-refractivity contribution in [3.8, 4) is 5.75 Å². The molecule has 0 radical (unpaired) electrons. The Kier molecular flexibility index (Phi) is 8.14. The average Bonchev–Trinajstić information content (AvgIpc) is 3.65. The lowest BCUT2D eigenvalue weighted by molar-refractivity contribution is -0.140. The van der Waals surface area contributed by atoms with Crippen molar-refractivity contribution in [2.75, 3.05) is 29.2 Å². The molecular weight excluding hydrogens is 695 g/mol. The number of anilines is 2. The lowest BCUT2D eigenvalue weighted by Crippen LogP contribution is -2.22. The molecule has 0 bridgehead atoms. The first kappa shape index (κ1) is 33.2. The number of ether oxygens (including phenoxy) is 1. The molecule has 18 heteroatoms. The molecule has 2 aliphatic rings. The molecule has 2 aliphatic heterocycles. The SMILES string of the molecule is COc1ccc(C2=NOC3CS(=O)(=O)CC23)cc1C(=O)Nc1c(C(=O)Nc2ccc(F)c(C(F)(F)F)c2)sc2cc(C(F)(F)F)ccc12. The highest BCUT2D eigenvalue weighted by atomic mass is 32.2. The van der Waals surface area contributed by atoms with Gasteiger partial charge in [0.2, 0.25) is 0 Å². The van der Waals surface area contributed by atoms with Crippen LogP contribution in [0.25, 0.3) is 10.1 Å². The summed E-state index contributed by atoms with van der Waals surface area (Å²) in [5.41, 5.74) is -2.99. The van der Waals surface area contributed by atoms with Crippen LogP contribution in [-0.4, -0.2) is 50.7 Å². The van der Waals surface area contributed by atoms with Crippen LogP contribution in [0.2, 0.25) is 0 Å². The van der Waals surface area contributed by atoms with Gasteiger partial charge in [-0.2, -0.15) is 26.3 Å². The molecule has 1 fully saturated rings. The Labute approximate surface area is 270 Å². The maximum absolute atomic E-state index is 13.8. The molecule has 2 amide bonds. The van der Waals surface area contributed by atoms with Crippen LogP contribution in [0.4, 0.5) is 42.1 Å². The van der Waals surface area contributed by atoms with Crippen LogP contribution in [0.1, 0.15) is 36.7 Å². The number of alkyl halides is 6. The average molecular weight is 716 g/mol. The fourth-order valence-corrected chi connectivity index (χ4v) is 8.37. The van der Waals surface area contributed by atoms with Crippen LogP contribution in [0, 0.1) is 11.7 Å². The summed E-state index contributed by atoms with van der Waals surface area (Å²) in [6, 6.07) is 8.49. The van der Waals surface area contributed by atoms with E-state index in [1.54, 1.807) is 0 Å². The molecule has 2 unspecified atom stereocenters. The second-order valence-electron chi connectivity index (χ2n) is 10.8. The number of hydrogen-bond acceptors (Lipinski definition) is 8. The predicted octanol–water partition coefficient (Wildman–Crippen LogP) is 6.74. The molecule has 9 nitrogen and oxygen atoms in total. The highest BCUT2D eigenvalue weighted by Gasteiger charge is 2.46. The summed E-state index contributed by atoms with van der Waals surface area (Å²) in [4.78, 5) is 32.1. The lowest BCUT2D eigenvalue weighted by Gasteiger charge is -2.14. The zero-order valence-corrected chi connectivity index (χ0v) is 25.8. The first-order valence-corrected chi connectivity index (χ1v) is 16.3. The minimum absolute atomic E-state index is 0.00396. The van der Waals surface area contributed by atoms with E-state index in [2.05, 4.69) is 15.8 Å². The van der Waals surface area contributed by atoms with Crippen molar-refractivity contribution in [3.63, 3.8) is 0 Å². The Morgan fingerprint density at radius 3 is 2.38 bits per heavy atom. The second-order valence-corrected chi connectivity index (χ2v) is 14.0. The number of carbonyl (C=O) groups excluding carboxylic acids is 2. The molecule has 6 rings (SSSR count). The summed E-state index contributed by atoms with van der Waals surface area (Å²) in [7, 11) is -2.13. The zero-order valence-electron chi connectivity index (χ0n) is 24.1. The molecule has 2 atom stereocenters. The first-order valence-electron chi connectivity index (χ1n) is 13.7. The molecule has 48 heavy (non-hydrogen) atoms. The second kappa shape index (κ2) is 11.8. The van der Waals surface area contributed by atoms with E-state index in [1.807, 2.05) is 0 Å². The van der Waals surface area contributed by atoms with Crippen molar-refractivity contribution < 1.29 is 58.3 Å². The summed E-state index contributed by atoms with van der Waals surface area (Å²) in [6.07, 6.45) is -10.5. The number of halogens is 7. The quantitative estimate of drug-likeness (QED) is 0.213. The molecule has 4 aromatic rings. The normalized spacial score (nSPS) is 18.6. The van der Waals surface area contributed by atoms with E-state index in [0.29, 0.717) is 29.0 Å². The van der Waals surface area contributed by atoms with Gasteiger partial charge in [-0.25, -0.2) is 12.8 Å². The van der Waals surface area contributed by atoms with Crippen molar-refractivity contribution >= 4 is 60.2 Å². The Balaban J connectivity index is 1.38. The third-order valence-electron chi connectivity index (χ3n) is 7.67. The van der Waals surface area contributed by atoms with Crippen molar-refractivity contribution in [1.82, 2.24) is 0 Å². The number of nitrogens with one attached hydrogen (secondary N) is 2. The molecule has 2 N–H and O–H groups in total. The maximum atomic E-state index is 13.8. The number of carbonyl (C=O) groups is 2. The summed E-state index contributed by atoms with van der Waals surface area (Å²) in [5.74, 6) is -4.61. The summed E-state index contributed by atoms with van der Waals surface area (Å²) in [6.45, 7) is 0. The van der Waals surface area contributed by atoms with Gasteiger partial charge in [-0.3, -0.25) is 9.59 Å². The number of rotatable bonds is 6. The van der Waals surface area contributed by atoms with Gasteiger partial charge in [-0.1, -0.05) is 11.2 Å². The Morgan fingerprint density at radius 2 is 1.69 bits per heavy atom. The zero-order chi connectivity index (χ0) is 34.8. The third kappa shape index (κ3) is 6.28. The first-order chi connectivity index (χ1) is 22.4. The summed E-state index contributed by atoms with van der Waals surface area (Å²) in [5, 5.41) is 8.70. The topological polar surface area (TPSA) is 123 Å². The van der Waals surface area contributed by atoms with Gasteiger partial charge in [0.05, 0.1) is 52.6 Å². The largest absolute Gasteiger partial charge is 0.496 e. The van der Waals surface area contributed by atoms with E-state index in [4.69, 9.17) is 9.57 Å². The summed E-state index contributed by atoms with van der Waals surface area (Å²) >= 11 is 0.528. The number of amides is 2. The molecule has 1 saturated heterocycles. The molecular formula is C30H20F7N3O6S2. The molecule has 252 valence electrons. The number of fused-ring (bicyclic) bond motifs is 2. The Hall–Kier alpha value is -4.71. The van der Waals surface area contributed by atoms with E-state index in [-0.39, 0.29) is 49.2 Å². The van der Waals surface area contributed by atoms with Crippen LogP contribution >= 0.6 is 11.3 Å². The van der Waals surface area contributed by atoms with Crippen molar-refractivity contribution in [1.29, 1.82) is 0 Å². The lowest BCUT2D eigenvalue weighted by atomic mass is 9.93. The predicted molar refractivity (Wildman–Crippen MR) is 161 cm³/mol. The van der Waals surface area contributed by atoms with Gasteiger partial charge in [0.1, 0.15) is 16.4 Å². The highest BCUT2D eigenvalue weighted by Crippen LogP contribution is 2.41. The molecule has 3 heterocycles. The van der Waals surface area contributed by atoms with Crippen LogP contribution in [0.3, 0.4) is 0 Å².